The standard InChI is InChI=1S/C24H27FN6O3S/c1-14(2)13-35(32,33)17-7-9-22(34-5)21(11-17)27-24-26-12-19(25)23(28-24)31(4)16-6-8-18-15(3)29-30-20(18)10-16/h6-12,14H,13H2,1-5H3,(H,29,30)(H,26,27,28). The molecule has 2 heterocycles. The lowest BCUT2D eigenvalue weighted by Crippen LogP contribution is -2.15. The number of sulfone groups is 1. The Bertz CT molecular complexity index is 1490. The van der Waals surface area contributed by atoms with E-state index in [2.05, 4.69) is 25.5 Å². The lowest BCUT2D eigenvalue weighted by atomic mass is 10.2. The van der Waals surface area contributed by atoms with E-state index in [0.29, 0.717) is 17.1 Å². The quantitative estimate of drug-likeness (QED) is 0.358. The topological polar surface area (TPSA) is 113 Å². The SMILES string of the molecule is COc1ccc(S(=O)(=O)CC(C)C)cc1Nc1ncc(F)c(N(C)c2ccc3c(C)[nH]nc3c2)n1. The highest BCUT2D eigenvalue weighted by molar-refractivity contribution is 7.91. The molecule has 184 valence electrons. The molecule has 4 rings (SSSR count). The Hall–Kier alpha value is -3.73. The van der Waals surface area contributed by atoms with Crippen LogP contribution in [0.1, 0.15) is 19.5 Å². The number of benzene rings is 2. The van der Waals surface area contributed by atoms with Gasteiger partial charge in [0, 0.05) is 23.8 Å². The Balaban J connectivity index is 1.67. The van der Waals surface area contributed by atoms with Crippen LogP contribution in [0.15, 0.2) is 47.5 Å². The molecule has 0 atom stereocenters. The number of aromatic nitrogens is 4. The van der Waals surface area contributed by atoms with E-state index >= 15 is 0 Å². The molecule has 4 aromatic rings. The number of aromatic amines is 1. The number of H-pyrrole nitrogens is 1. The van der Waals surface area contributed by atoms with Crippen LogP contribution in [-0.2, 0) is 9.84 Å². The number of aryl methyl sites for hydroxylation is 1. The zero-order chi connectivity index (χ0) is 25.3. The molecular weight excluding hydrogens is 471 g/mol. The maximum Gasteiger partial charge on any atom is 0.229 e. The van der Waals surface area contributed by atoms with Crippen LogP contribution in [0.3, 0.4) is 0 Å². The number of methoxy groups -OCH3 is 1. The number of hydrogen-bond donors (Lipinski definition) is 2. The first-order valence-corrected chi connectivity index (χ1v) is 12.6. The van der Waals surface area contributed by atoms with Crippen LogP contribution in [0.5, 0.6) is 5.75 Å². The van der Waals surface area contributed by atoms with Crippen LogP contribution in [0.4, 0.5) is 27.5 Å². The van der Waals surface area contributed by atoms with Crippen molar-refractivity contribution in [1.82, 2.24) is 20.2 Å². The van der Waals surface area contributed by atoms with Crippen LogP contribution in [0.25, 0.3) is 10.9 Å². The highest BCUT2D eigenvalue weighted by Crippen LogP contribution is 2.32. The second-order valence-electron chi connectivity index (χ2n) is 8.64. The van der Waals surface area contributed by atoms with Gasteiger partial charge in [0.15, 0.2) is 21.5 Å². The first-order chi connectivity index (χ1) is 16.6. The number of fused-ring (bicyclic) bond motifs is 1. The van der Waals surface area contributed by atoms with Crippen molar-refractivity contribution in [2.45, 2.75) is 25.7 Å². The fourth-order valence-electron chi connectivity index (χ4n) is 3.75. The molecule has 0 spiro atoms. The summed E-state index contributed by atoms with van der Waals surface area (Å²) in [6, 6.07) is 10.1. The van der Waals surface area contributed by atoms with E-state index in [4.69, 9.17) is 4.74 Å². The van der Waals surface area contributed by atoms with Crippen molar-refractivity contribution in [2.75, 3.05) is 30.1 Å². The van der Waals surface area contributed by atoms with E-state index in [1.807, 2.05) is 39.0 Å². The highest BCUT2D eigenvalue weighted by atomic mass is 32.2. The second-order valence-corrected chi connectivity index (χ2v) is 10.7. The number of anilines is 4. The molecule has 2 aromatic carbocycles. The zero-order valence-electron chi connectivity index (χ0n) is 20.1. The summed E-state index contributed by atoms with van der Waals surface area (Å²) in [5.74, 6) is -0.104. The summed E-state index contributed by atoms with van der Waals surface area (Å²) in [5, 5.41) is 11.1. The molecule has 9 nitrogen and oxygen atoms in total. The van der Waals surface area contributed by atoms with Gasteiger partial charge in [-0.05, 0) is 49.2 Å². The monoisotopic (exact) mass is 498 g/mol. The van der Waals surface area contributed by atoms with E-state index in [-0.39, 0.29) is 28.3 Å². The Morgan fingerprint density at radius 3 is 2.69 bits per heavy atom. The minimum absolute atomic E-state index is 0.0145. The summed E-state index contributed by atoms with van der Waals surface area (Å²) in [7, 11) is -0.330. The fraction of sp³-hybridized carbons (Fsp3) is 0.292. The Labute approximate surface area is 203 Å². The minimum atomic E-state index is -3.49. The molecule has 0 saturated heterocycles. The first-order valence-electron chi connectivity index (χ1n) is 11.0. The van der Waals surface area contributed by atoms with Gasteiger partial charge in [-0.3, -0.25) is 5.10 Å². The maximum atomic E-state index is 14.7. The third-order valence-electron chi connectivity index (χ3n) is 5.49. The third kappa shape index (κ3) is 5.04. The van der Waals surface area contributed by atoms with Gasteiger partial charge in [0.1, 0.15) is 5.75 Å². The predicted octanol–water partition coefficient (Wildman–Crippen LogP) is 4.75. The van der Waals surface area contributed by atoms with Crippen LogP contribution in [0.2, 0.25) is 0 Å². The molecule has 0 bridgehead atoms. The third-order valence-corrected chi connectivity index (χ3v) is 7.57. The fourth-order valence-corrected chi connectivity index (χ4v) is 5.40. The Kier molecular flexibility index (Phi) is 6.62. The molecule has 0 aliphatic heterocycles. The number of rotatable bonds is 8. The summed E-state index contributed by atoms with van der Waals surface area (Å²) >= 11 is 0. The molecule has 0 amide bonds. The van der Waals surface area contributed by atoms with Gasteiger partial charge in [0.2, 0.25) is 5.95 Å². The Morgan fingerprint density at radius 2 is 1.97 bits per heavy atom. The molecule has 2 aromatic heterocycles. The number of nitrogens with one attached hydrogen (secondary N) is 2. The first kappa shape index (κ1) is 24.4. The van der Waals surface area contributed by atoms with E-state index in [0.717, 1.165) is 22.8 Å². The molecule has 0 radical (unpaired) electrons. The van der Waals surface area contributed by atoms with Crippen LogP contribution in [0, 0.1) is 18.7 Å². The van der Waals surface area contributed by atoms with Crippen molar-refractivity contribution in [2.24, 2.45) is 5.92 Å². The average molecular weight is 499 g/mol. The molecule has 0 unspecified atom stereocenters. The summed E-state index contributed by atoms with van der Waals surface area (Å²) in [6.45, 7) is 5.61. The van der Waals surface area contributed by atoms with E-state index in [9.17, 15) is 12.8 Å². The molecular formula is C24H27FN6O3S. The molecule has 35 heavy (non-hydrogen) atoms. The van der Waals surface area contributed by atoms with Crippen molar-refractivity contribution in [1.29, 1.82) is 0 Å². The lowest BCUT2D eigenvalue weighted by molar-refractivity contribution is 0.416. The van der Waals surface area contributed by atoms with Crippen molar-refractivity contribution in [3.05, 3.63) is 54.1 Å². The van der Waals surface area contributed by atoms with Crippen molar-refractivity contribution >= 4 is 43.9 Å². The van der Waals surface area contributed by atoms with Gasteiger partial charge in [-0.2, -0.15) is 10.1 Å². The van der Waals surface area contributed by atoms with E-state index in [1.54, 1.807) is 18.0 Å². The molecule has 0 fully saturated rings. The number of halogens is 1. The highest BCUT2D eigenvalue weighted by Gasteiger charge is 2.20. The smallest absolute Gasteiger partial charge is 0.229 e. The molecule has 2 N–H and O–H groups in total. The lowest BCUT2D eigenvalue weighted by Gasteiger charge is -2.20. The van der Waals surface area contributed by atoms with Gasteiger partial charge >= 0.3 is 0 Å². The van der Waals surface area contributed by atoms with Gasteiger partial charge in [-0.25, -0.2) is 17.8 Å². The summed E-state index contributed by atoms with van der Waals surface area (Å²) in [5.41, 5.74) is 2.74. The van der Waals surface area contributed by atoms with Crippen molar-refractivity contribution in [3.8, 4) is 5.75 Å². The van der Waals surface area contributed by atoms with Crippen LogP contribution >= 0.6 is 0 Å². The maximum absolute atomic E-state index is 14.7. The van der Waals surface area contributed by atoms with Gasteiger partial charge in [0.25, 0.3) is 0 Å². The molecule has 0 aliphatic rings. The molecule has 11 heteroatoms. The zero-order valence-corrected chi connectivity index (χ0v) is 20.9. The van der Waals surface area contributed by atoms with Gasteiger partial charge in [0.05, 0.1) is 35.2 Å². The van der Waals surface area contributed by atoms with Gasteiger partial charge in [-0.1, -0.05) is 13.8 Å². The van der Waals surface area contributed by atoms with Crippen molar-refractivity contribution < 1.29 is 17.5 Å². The van der Waals surface area contributed by atoms with Crippen molar-refractivity contribution in [3.63, 3.8) is 0 Å². The number of ether oxygens (including phenoxy) is 1. The van der Waals surface area contributed by atoms with Gasteiger partial charge < -0.3 is 15.0 Å². The molecule has 0 saturated carbocycles. The second kappa shape index (κ2) is 9.49. The normalized spacial score (nSPS) is 11.7. The molecule has 0 aliphatic carbocycles. The van der Waals surface area contributed by atoms with Crippen LogP contribution in [-0.4, -0.2) is 48.5 Å². The average Bonchev–Trinajstić information content (AvgIpc) is 3.19. The predicted molar refractivity (Wildman–Crippen MR) is 134 cm³/mol. The number of hydrogen-bond acceptors (Lipinski definition) is 8. The summed E-state index contributed by atoms with van der Waals surface area (Å²) in [6.07, 6.45) is 1.06. The summed E-state index contributed by atoms with van der Waals surface area (Å²) < 4.78 is 45.5. The van der Waals surface area contributed by atoms with Gasteiger partial charge in [-0.15, -0.1) is 0 Å². The Morgan fingerprint density at radius 1 is 1.20 bits per heavy atom. The van der Waals surface area contributed by atoms with E-state index < -0.39 is 15.7 Å². The van der Waals surface area contributed by atoms with Crippen LogP contribution < -0.4 is 15.0 Å². The minimum Gasteiger partial charge on any atom is -0.495 e. The largest absolute Gasteiger partial charge is 0.495 e. The summed E-state index contributed by atoms with van der Waals surface area (Å²) in [4.78, 5) is 10.1. The number of nitrogens with zero attached hydrogens (tertiary/aromatic N) is 4. The van der Waals surface area contributed by atoms with E-state index in [1.165, 1.54) is 19.2 Å².